The molecule has 0 saturated carbocycles. The zero-order valence-electron chi connectivity index (χ0n) is 12.1. The molecule has 3 aromatic rings. The lowest BCUT2D eigenvalue weighted by Crippen LogP contribution is -2.11. The van der Waals surface area contributed by atoms with Gasteiger partial charge < -0.3 is 9.15 Å². The molecule has 0 amide bonds. The van der Waals surface area contributed by atoms with E-state index in [1.165, 1.54) is 18.2 Å². The van der Waals surface area contributed by atoms with Crippen LogP contribution in [-0.4, -0.2) is 0 Å². The van der Waals surface area contributed by atoms with Crippen molar-refractivity contribution in [1.29, 1.82) is 0 Å². The molecule has 0 spiro atoms. The number of rotatable bonds is 3. The molecule has 124 valence electrons. The summed E-state index contributed by atoms with van der Waals surface area (Å²) in [5.74, 6) is 0.313. The highest BCUT2D eigenvalue weighted by Crippen LogP contribution is 2.34. The van der Waals surface area contributed by atoms with E-state index in [9.17, 15) is 18.0 Å². The van der Waals surface area contributed by atoms with Crippen molar-refractivity contribution >= 4 is 26.9 Å². The van der Waals surface area contributed by atoms with Crippen molar-refractivity contribution in [2.24, 2.45) is 0 Å². The van der Waals surface area contributed by atoms with E-state index in [1.807, 2.05) is 24.3 Å². The summed E-state index contributed by atoms with van der Waals surface area (Å²) in [7, 11) is 0. The molecule has 1 aromatic heterocycles. The predicted octanol–water partition coefficient (Wildman–Crippen LogP) is 5.15. The van der Waals surface area contributed by atoms with E-state index in [-0.39, 0.29) is 17.6 Å². The molecule has 0 atom stereocenters. The van der Waals surface area contributed by atoms with E-state index in [4.69, 9.17) is 9.15 Å². The molecule has 0 aliphatic rings. The molecule has 3 nitrogen and oxygen atoms in total. The van der Waals surface area contributed by atoms with Crippen molar-refractivity contribution in [1.82, 2.24) is 0 Å². The summed E-state index contributed by atoms with van der Waals surface area (Å²) in [4.78, 5) is 11.4. The van der Waals surface area contributed by atoms with Gasteiger partial charge in [0.2, 0.25) is 0 Å². The fourth-order valence-electron chi connectivity index (χ4n) is 2.21. The van der Waals surface area contributed by atoms with Crippen molar-refractivity contribution in [3.05, 3.63) is 74.6 Å². The first kappa shape index (κ1) is 16.6. The Bertz CT molecular complexity index is 930. The zero-order valence-corrected chi connectivity index (χ0v) is 13.6. The molecule has 7 heteroatoms. The number of alkyl halides is 3. The zero-order chi connectivity index (χ0) is 17.3. The molecule has 0 radical (unpaired) electrons. The lowest BCUT2D eigenvalue weighted by molar-refractivity contribution is -0.136. The monoisotopic (exact) mass is 398 g/mol. The third-order valence-corrected chi connectivity index (χ3v) is 3.87. The van der Waals surface area contributed by atoms with Crippen molar-refractivity contribution in [3.8, 4) is 5.75 Å². The molecule has 0 fully saturated rings. The quantitative estimate of drug-likeness (QED) is 0.572. The Morgan fingerprint density at radius 3 is 2.42 bits per heavy atom. The highest BCUT2D eigenvalue weighted by Gasteiger charge is 2.33. The van der Waals surface area contributed by atoms with Crippen LogP contribution in [0.1, 0.15) is 11.1 Å². The lowest BCUT2D eigenvalue weighted by atomic mass is 10.1. The van der Waals surface area contributed by atoms with Crippen molar-refractivity contribution in [2.75, 3.05) is 0 Å². The number of ether oxygens (including phenoxy) is 1. The van der Waals surface area contributed by atoms with Gasteiger partial charge in [0.15, 0.2) is 0 Å². The Hall–Kier alpha value is -2.28. The van der Waals surface area contributed by atoms with Gasteiger partial charge in [-0.25, -0.2) is 4.79 Å². The fraction of sp³-hybridized carbons (Fsp3) is 0.118. The van der Waals surface area contributed by atoms with E-state index in [1.54, 1.807) is 0 Å². The average Bonchev–Trinajstić information content (AvgIpc) is 2.52. The summed E-state index contributed by atoms with van der Waals surface area (Å²) in [6, 6.07) is 11.8. The Morgan fingerprint density at radius 2 is 1.75 bits per heavy atom. The Kier molecular flexibility index (Phi) is 4.36. The molecular formula is C17H10BrF3O3. The molecule has 0 saturated heterocycles. The minimum atomic E-state index is -4.63. The standard InChI is InChI=1S/C17H10BrF3O3/c18-11-3-1-10(2-4-11)9-23-12-5-6-13-14(17(19,20)21)8-16(22)24-15(13)7-12/h1-8H,9H2. The minimum absolute atomic E-state index is 0.164. The topological polar surface area (TPSA) is 39.4 Å². The molecule has 0 aliphatic carbocycles. The first-order chi connectivity index (χ1) is 11.3. The van der Waals surface area contributed by atoms with E-state index in [0.717, 1.165) is 10.0 Å². The molecule has 3 rings (SSSR count). The lowest BCUT2D eigenvalue weighted by Gasteiger charge is -2.11. The number of hydrogen-bond acceptors (Lipinski definition) is 3. The van der Waals surface area contributed by atoms with Crippen LogP contribution in [0.4, 0.5) is 13.2 Å². The number of hydrogen-bond donors (Lipinski definition) is 0. The van der Waals surface area contributed by atoms with E-state index in [0.29, 0.717) is 11.8 Å². The van der Waals surface area contributed by atoms with Gasteiger partial charge in [0, 0.05) is 22.0 Å². The van der Waals surface area contributed by atoms with Crippen LogP contribution >= 0.6 is 15.9 Å². The van der Waals surface area contributed by atoms with Gasteiger partial charge >= 0.3 is 11.8 Å². The summed E-state index contributed by atoms with van der Waals surface area (Å²) < 4.78 is 50.3. The molecule has 0 bridgehead atoms. The number of benzene rings is 2. The van der Waals surface area contributed by atoms with Gasteiger partial charge in [-0.2, -0.15) is 13.2 Å². The van der Waals surface area contributed by atoms with Crippen molar-refractivity contribution < 1.29 is 22.3 Å². The highest BCUT2D eigenvalue weighted by molar-refractivity contribution is 9.10. The van der Waals surface area contributed by atoms with E-state index < -0.39 is 17.4 Å². The minimum Gasteiger partial charge on any atom is -0.489 e. The van der Waals surface area contributed by atoms with Crippen LogP contribution < -0.4 is 10.4 Å². The fourth-order valence-corrected chi connectivity index (χ4v) is 2.48. The maximum absolute atomic E-state index is 13.0. The maximum Gasteiger partial charge on any atom is 0.417 e. The normalized spacial score (nSPS) is 11.7. The third-order valence-electron chi connectivity index (χ3n) is 3.34. The molecule has 0 aliphatic heterocycles. The van der Waals surface area contributed by atoms with Crippen LogP contribution in [0, 0.1) is 0 Å². The maximum atomic E-state index is 13.0. The Balaban J connectivity index is 1.91. The number of halogens is 4. The smallest absolute Gasteiger partial charge is 0.417 e. The van der Waals surface area contributed by atoms with Crippen LogP contribution in [0.25, 0.3) is 11.0 Å². The average molecular weight is 399 g/mol. The first-order valence-corrected chi connectivity index (χ1v) is 7.64. The van der Waals surface area contributed by atoms with Crippen LogP contribution in [0.5, 0.6) is 5.75 Å². The first-order valence-electron chi connectivity index (χ1n) is 6.85. The van der Waals surface area contributed by atoms with Gasteiger partial charge in [0.25, 0.3) is 0 Å². The van der Waals surface area contributed by atoms with Crippen molar-refractivity contribution in [2.45, 2.75) is 12.8 Å². The third kappa shape index (κ3) is 3.62. The van der Waals surface area contributed by atoms with Gasteiger partial charge in [-0.05, 0) is 29.8 Å². The summed E-state index contributed by atoms with van der Waals surface area (Å²) in [5.41, 5.74) is -1.35. The Labute approximate surface area is 142 Å². The summed E-state index contributed by atoms with van der Waals surface area (Å²) in [6.07, 6.45) is -4.63. The van der Waals surface area contributed by atoms with Crippen LogP contribution in [0.15, 0.2) is 62.2 Å². The molecule has 0 N–H and O–H groups in total. The van der Waals surface area contributed by atoms with E-state index >= 15 is 0 Å². The second kappa shape index (κ2) is 6.32. The second-order valence-electron chi connectivity index (χ2n) is 5.05. The van der Waals surface area contributed by atoms with Crippen molar-refractivity contribution in [3.63, 3.8) is 0 Å². The Morgan fingerprint density at radius 1 is 1.04 bits per heavy atom. The van der Waals surface area contributed by atoms with Gasteiger partial charge in [-0.3, -0.25) is 0 Å². The van der Waals surface area contributed by atoms with Gasteiger partial charge in [-0.1, -0.05) is 28.1 Å². The second-order valence-corrected chi connectivity index (χ2v) is 5.97. The molecule has 24 heavy (non-hydrogen) atoms. The van der Waals surface area contributed by atoms with Gasteiger partial charge in [0.1, 0.15) is 17.9 Å². The SMILES string of the molecule is O=c1cc(C(F)(F)F)c2ccc(OCc3ccc(Br)cc3)cc2o1. The summed E-state index contributed by atoms with van der Waals surface area (Å²) in [6.45, 7) is 0.238. The van der Waals surface area contributed by atoms with E-state index in [2.05, 4.69) is 15.9 Å². The predicted molar refractivity (Wildman–Crippen MR) is 86.0 cm³/mol. The molecular weight excluding hydrogens is 389 g/mol. The van der Waals surface area contributed by atoms with Gasteiger partial charge in [-0.15, -0.1) is 0 Å². The van der Waals surface area contributed by atoms with Crippen LogP contribution in [0.2, 0.25) is 0 Å². The van der Waals surface area contributed by atoms with Crippen LogP contribution in [-0.2, 0) is 12.8 Å². The highest BCUT2D eigenvalue weighted by atomic mass is 79.9. The largest absolute Gasteiger partial charge is 0.489 e. The summed E-state index contributed by atoms with van der Waals surface area (Å²) in [5, 5.41) is -0.182. The molecule has 0 unspecified atom stereocenters. The number of fused-ring (bicyclic) bond motifs is 1. The molecule has 2 aromatic carbocycles. The molecule has 1 heterocycles. The van der Waals surface area contributed by atoms with Crippen LogP contribution in [0.3, 0.4) is 0 Å². The summed E-state index contributed by atoms with van der Waals surface area (Å²) >= 11 is 3.32. The van der Waals surface area contributed by atoms with Gasteiger partial charge in [0.05, 0.1) is 5.56 Å².